The number of alkyl halides is 3. The Morgan fingerprint density at radius 1 is 1.10 bits per heavy atom. The zero-order valence-electron chi connectivity index (χ0n) is 25.2. The van der Waals surface area contributed by atoms with E-state index in [1.165, 1.54) is 12.1 Å². The molecule has 1 saturated heterocycles. The molecule has 0 spiro atoms. The summed E-state index contributed by atoms with van der Waals surface area (Å²) in [5.74, 6) is -1.49. The van der Waals surface area contributed by atoms with Crippen LogP contribution in [0, 0.1) is 11.2 Å². The molecule has 1 amide bonds. The maximum atomic E-state index is 15.8. The number of rotatable bonds is 6. The number of carbonyl (C=O) groups is 1. The first-order valence-electron chi connectivity index (χ1n) is 14.4. The van der Waals surface area contributed by atoms with Gasteiger partial charge in [0.25, 0.3) is 5.91 Å². The molecule has 42 heavy (non-hydrogen) atoms. The van der Waals surface area contributed by atoms with Crippen molar-refractivity contribution in [1.82, 2.24) is 14.8 Å². The van der Waals surface area contributed by atoms with Gasteiger partial charge in [-0.15, -0.1) is 0 Å². The van der Waals surface area contributed by atoms with E-state index in [4.69, 9.17) is 0 Å². The molecule has 2 aromatic rings. The van der Waals surface area contributed by atoms with Crippen LogP contribution >= 0.6 is 0 Å². The number of likely N-dealkylation sites (N-methyl/N-ethyl adjacent to an activating group) is 1. The van der Waals surface area contributed by atoms with Crippen LogP contribution in [0.25, 0.3) is 5.57 Å². The molecule has 7 nitrogen and oxygen atoms in total. The van der Waals surface area contributed by atoms with Crippen molar-refractivity contribution in [3.8, 4) is 0 Å². The largest absolute Gasteiger partial charge is 0.417 e. The van der Waals surface area contributed by atoms with E-state index in [-0.39, 0.29) is 23.2 Å². The highest BCUT2D eigenvalue weighted by Gasteiger charge is 2.36. The van der Waals surface area contributed by atoms with E-state index >= 15 is 4.39 Å². The Kier molecular flexibility index (Phi) is 9.22. The number of aromatic amines is 1. The van der Waals surface area contributed by atoms with E-state index in [1.807, 2.05) is 31.9 Å². The SMILES string of the molecule is C[C@@H]1CN(c2cc(F)c(C3=CCN(CCC(C)(C)C)CC3)cc2NC(=O)c2c[nH]c(=O)cc2C(F)(F)F)C[C@H](C)N1C. The van der Waals surface area contributed by atoms with Crippen molar-refractivity contribution < 1.29 is 22.4 Å². The van der Waals surface area contributed by atoms with Gasteiger partial charge in [0.05, 0.1) is 22.5 Å². The molecule has 2 aliphatic rings. The molecule has 0 saturated carbocycles. The number of piperazine rings is 1. The molecule has 0 unspecified atom stereocenters. The van der Waals surface area contributed by atoms with Crippen LogP contribution in [-0.4, -0.2) is 72.5 Å². The molecule has 2 aliphatic heterocycles. The molecule has 11 heteroatoms. The predicted octanol–water partition coefficient (Wildman–Crippen LogP) is 5.84. The summed E-state index contributed by atoms with van der Waals surface area (Å²) in [5, 5.41) is 2.63. The van der Waals surface area contributed by atoms with E-state index in [1.54, 1.807) is 0 Å². The van der Waals surface area contributed by atoms with Crippen molar-refractivity contribution >= 4 is 22.9 Å². The summed E-state index contributed by atoms with van der Waals surface area (Å²) in [5.41, 5.74) is -1.09. The molecule has 2 atom stereocenters. The van der Waals surface area contributed by atoms with Crippen LogP contribution in [0.5, 0.6) is 0 Å². The summed E-state index contributed by atoms with van der Waals surface area (Å²) in [4.78, 5) is 33.6. The van der Waals surface area contributed by atoms with E-state index in [9.17, 15) is 22.8 Å². The van der Waals surface area contributed by atoms with Crippen LogP contribution in [0.3, 0.4) is 0 Å². The van der Waals surface area contributed by atoms with Gasteiger partial charge in [0.1, 0.15) is 5.82 Å². The standard InChI is InChI=1S/C31H41F4N5O2/c1-19-17-40(18-20(2)38(19)6)27-15-25(32)22(21-7-10-39(11-8-21)12-9-30(3,4)5)13-26(27)37-29(42)23-16-36-28(41)14-24(23)31(33,34)35/h7,13-16,19-20H,8-12,17-18H2,1-6H3,(H,36,41)(H,37,42)/t19-,20+. The fourth-order valence-corrected chi connectivity index (χ4v) is 5.51. The zero-order valence-corrected chi connectivity index (χ0v) is 25.2. The Labute approximate surface area is 244 Å². The van der Waals surface area contributed by atoms with Gasteiger partial charge in [-0.2, -0.15) is 13.2 Å². The van der Waals surface area contributed by atoms with Crippen LogP contribution in [0.4, 0.5) is 28.9 Å². The number of pyridine rings is 1. The summed E-state index contributed by atoms with van der Waals surface area (Å²) in [6, 6.07) is 3.52. The van der Waals surface area contributed by atoms with Crippen molar-refractivity contribution in [2.75, 3.05) is 50.0 Å². The topological polar surface area (TPSA) is 71.7 Å². The second-order valence-electron chi connectivity index (χ2n) is 12.8. The smallest absolute Gasteiger partial charge is 0.367 e. The number of aromatic nitrogens is 1. The molecule has 230 valence electrons. The average molecular weight is 592 g/mol. The maximum Gasteiger partial charge on any atom is 0.417 e. The van der Waals surface area contributed by atoms with Crippen LogP contribution in [0.1, 0.15) is 68.9 Å². The maximum absolute atomic E-state index is 15.8. The van der Waals surface area contributed by atoms with Crippen molar-refractivity contribution in [3.05, 3.63) is 63.3 Å². The van der Waals surface area contributed by atoms with Gasteiger partial charge < -0.3 is 15.2 Å². The van der Waals surface area contributed by atoms with Crippen LogP contribution in [0.15, 0.2) is 35.3 Å². The quantitative estimate of drug-likeness (QED) is 0.413. The van der Waals surface area contributed by atoms with Crippen molar-refractivity contribution in [2.24, 2.45) is 5.41 Å². The normalized spacial score (nSPS) is 20.9. The molecule has 1 aromatic carbocycles. The lowest BCUT2D eigenvalue weighted by Crippen LogP contribution is -2.55. The van der Waals surface area contributed by atoms with Crippen LogP contribution < -0.4 is 15.8 Å². The molecular formula is C31H41F4N5O2. The van der Waals surface area contributed by atoms with Crippen molar-refractivity contribution in [2.45, 2.75) is 65.7 Å². The van der Waals surface area contributed by atoms with Gasteiger partial charge in [-0.1, -0.05) is 26.8 Å². The molecule has 0 bridgehead atoms. The van der Waals surface area contributed by atoms with Crippen molar-refractivity contribution in [3.63, 3.8) is 0 Å². The second kappa shape index (κ2) is 12.2. The highest BCUT2D eigenvalue weighted by atomic mass is 19.4. The molecule has 0 aliphatic carbocycles. The number of hydrogen-bond acceptors (Lipinski definition) is 5. The van der Waals surface area contributed by atoms with Gasteiger partial charge in [-0.05, 0) is 63.4 Å². The van der Waals surface area contributed by atoms with Gasteiger partial charge >= 0.3 is 6.18 Å². The first kappa shape index (κ1) is 31.7. The molecule has 0 radical (unpaired) electrons. The molecule has 2 N–H and O–H groups in total. The molecule has 3 heterocycles. The van der Waals surface area contributed by atoms with Gasteiger partial charge in [0.2, 0.25) is 5.56 Å². The Morgan fingerprint density at radius 2 is 1.76 bits per heavy atom. The number of H-pyrrole nitrogens is 1. The summed E-state index contributed by atoms with van der Waals surface area (Å²) in [7, 11) is 2.01. The monoisotopic (exact) mass is 591 g/mol. The number of hydrogen-bond donors (Lipinski definition) is 2. The number of halogens is 4. The van der Waals surface area contributed by atoms with Gasteiger partial charge in [-0.25, -0.2) is 4.39 Å². The van der Waals surface area contributed by atoms with Gasteiger partial charge in [0, 0.05) is 56.1 Å². The van der Waals surface area contributed by atoms with Crippen molar-refractivity contribution in [1.29, 1.82) is 0 Å². The molecule has 1 aromatic heterocycles. The first-order valence-corrected chi connectivity index (χ1v) is 14.4. The Balaban J connectivity index is 1.71. The number of anilines is 2. The summed E-state index contributed by atoms with van der Waals surface area (Å²) < 4.78 is 57.0. The van der Waals surface area contributed by atoms with E-state index < -0.39 is 34.6 Å². The first-order chi connectivity index (χ1) is 19.5. The number of benzene rings is 1. The minimum atomic E-state index is -4.91. The van der Waals surface area contributed by atoms with E-state index in [0.29, 0.717) is 43.4 Å². The Hall–Kier alpha value is -3.18. The van der Waals surface area contributed by atoms with E-state index in [0.717, 1.165) is 31.3 Å². The fraction of sp³-hybridized carbons (Fsp3) is 0.548. The van der Waals surface area contributed by atoms with Crippen LogP contribution in [0.2, 0.25) is 0 Å². The lowest BCUT2D eigenvalue weighted by Gasteiger charge is -2.44. The van der Waals surface area contributed by atoms with Gasteiger partial charge in [-0.3, -0.25) is 19.4 Å². The fourth-order valence-electron chi connectivity index (χ4n) is 5.51. The number of carbonyl (C=O) groups excluding carboxylic acids is 1. The average Bonchev–Trinajstić information content (AvgIpc) is 2.90. The molecule has 1 fully saturated rings. The molecule has 4 rings (SSSR count). The minimum absolute atomic E-state index is 0.121. The third-order valence-corrected chi connectivity index (χ3v) is 8.33. The second-order valence-corrected chi connectivity index (χ2v) is 12.8. The third kappa shape index (κ3) is 7.42. The summed E-state index contributed by atoms with van der Waals surface area (Å²) in [6.45, 7) is 14.1. The van der Waals surface area contributed by atoms with Gasteiger partial charge in [0.15, 0.2) is 0 Å². The summed E-state index contributed by atoms with van der Waals surface area (Å²) in [6.07, 6.45) is -0.526. The molecular weight excluding hydrogens is 550 g/mol. The van der Waals surface area contributed by atoms with E-state index in [2.05, 4.69) is 40.9 Å². The van der Waals surface area contributed by atoms with Crippen LogP contribution in [-0.2, 0) is 6.18 Å². The lowest BCUT2D eigenvalue weighted by molar-refractivity contribution is -0.138. The predicted molar refractivity (Wildman–Crippen MR) is 158 cm³/mol. The Bertz CT molecular complexity index is 1380. The third-order valence-electron chi connectivity index (χ3n) is 8.33. The highest BCUT2D eigenvalue weighted by molar-refractivity contribution is 6.07. The Morgan fingerprint density at radius 3 is 2.33 bits per heavy atom. The number of nitrogens with zero attached hydrogens (tertiary/aromatic N) is 3. The summed E-state index contributed by atoms with van der Waals surface area (Å²) >= 11 is 0. The number of nitrogens with one attached hydrogen (secondary N) is 2. The highest BCUT2D eigenvalue weighted by Crippen LogP contribution is 2.37. The number of amides is 1. The zero-order chi connectivity index (χ0) is 31.0. The minimum Gasteiger partial charge on any atom is -0.367 e. The lowest BCUT2D eigenvalue weighted by atomic mass is 9.91.